The van der Waals surface area contributed by atoms with E-state index in [0.717, 1.165) is 41.5 Å². The number of rotatable bonds is 3. The van der Waals surface area contributed by atoms with Crippen molar-refractivity contribution in [3.8, 4) is 11.4 Å². The molecule has 0 amide bonds. The van der Waals surface area contributed by atoms with Crippen LogP contribution in [0.3, 0.4) is 0 Å². The van der Waals surface area contributed by atoms with Gasteiger partial charge in [0.15, 0.2) is 0 Å². The Morgan fingerprint density at radius 2 is 1.61 bits per heavy atom. The number of aromatic nitrogens is 2. The monoisotopic (exact) mass is 308 g/mol. The normalized spacial score (nSPS) is 34.9. The number of benzene rings is 1. The zero-order valence-corrected chi connectivity index (χ0v) is 13.8. The summed E-state index contributed by atoms with van der Waals surface area (Å²) in [5.74, 6) is 4.51. The number of hydrogen-bond acceptors (Lipinski definition) is 3. The van der Waals surface area contributed by atoms with Crippen molar-refractivity contribution in [3.05, 3.63) is 35.7 Å². The van der Waals surface area contributed by atoms with E-state index in [1.807, 2.05) is 0 Å². The molecule has 4 aliphatic rings. The molecule has 4 aliphatic carbocycles. The third-order valence-corrected chi connectivity index (χ3v) is 6.47. The summed E-state index contributed by atoms with van der Waals surface area (Å²) in [6.07, 6.45) is 9.62. The van der Waals surface area contributed by atoms with Crippen LogP contribution < -0.4 is 0 Å². The highest BCUT2D eigenvalue weighted by atomic mass is 16.5. The predicted molar refractivity (Wildman–Crippen MR) is 88.8 cm³/mol. The number of hydrogen-bond donors (Lipinski definition) is 0. The molecule has 2 aromatic rings. The minimum atomic E-state index is 0.464. The minimum absolute atomic E-state index is 0.464. The Morgan fingerprint density at radius 1 is 1.00 bits per heavy atom. The second-order valence-corrected chi connectivity index (χ2v) is 8.47. The molecule has 3 nitrogen and oxygen atoms in total. The van der Waals surface area contributed by atoms with Crippen molar-refractivity contribution >= 4 is 0 Å². The van der Waals surface area contributed by atoms with E-state index in [1.54, 1.807) is 0 Å². The van der Waals surface area contributed by atoms with Gasteiger partial charge in [-0.3, -0.25) is 0 Å². The summed E-state index contributed by atoms with van der Waals surface area (Å²) >= 11 is 0. The van der Waals surface area contributed by atoms with Crippen LogP contribution in [-0.4, -0.2) is 10.1 Å². The van der Waals surface area contributed by atoms with Crippen molar-refractivity contribution in [2.24, 2.45) is 23.2 Å². The van der Waals surface area contributed by atoms with Crippen molar-refractivity contribution in [2.45, 2.75) is 51.9 Å². The predicted octanol–water partition coefficient (Wildman–Crippen LogP) is 4.80. The Hall–Kier alpha value is -1.64. The molecule has 0 N–H and O–H groups in total. The first-order valence-corrected chi connectivity index (χ1v) is 9.07. The third-order valence-electron chi connectivity index (χ3n) is 6.47. The van der Waals surface area contributed by atoms with E-state index in [0.29, 0.717) is 5.41 Å². The van der Waals surface area contributed by atoms with Crippen molar-refractivity contribution in [1.82, 2.24) is 10.1 Å². The molecule has 120 valence electrons. The van der Waals surface area contributed by atoms with Crippen LogP contribution in [-0.2, 0) is 6.42 Å². The molecule has 0 spiro atoms. The van der Waals surface area contributed by atoms with Gasteiger partial charge in [-0.2, -0.15) is 4.98 Å². The van der Waals surface area contributed by atoms with Crippen molar-refractivity contribution in [1.29, 1.82) is 0 Å². The van der Waals surface area contributed by atoms with Crippen molar-refractivity contribution in [2.75, 3.05) is 0 Å². The largest absolute Gasteiger partial charge is 0.339 e. The van der Waals surface area contributed by atoms with E-state index in [9.17, 15) is 0 Å². The van der Waals surface area contributed by atoms with Gasteiger partial charge in [-0.25, -0.2) is 0 Å². The summed E-state index contributed by atoms with van der Waals surface area (Å²) in [5.41, 5.74) is 2.77. The van der Waals surface area contributed by atoms with Gasteiger partial charge in [-0.15, -0.1) is 0 Å². The Kier molecular flexibility index (Phi) is 2.95. The van der Waals surface area contributed by atoms with Crippen LogP contribution in [0, 0.1) is 30.1 Å². The molecular weight excluding hydrogens is 284 g/mol. The molecule has 4 bridgehead atoms. The Bertz CT molecular complexity index is 680. The number of aryl methyl sites for hydroxylation is 1. The van der Waals surface area contributed by atoms with Gasteiger partial charge in [-0.05, 0) is 68.6 Å². The van der Waals surface area contributed by atoms with E-state index < -0.39 is 0 Å². The molecule has 3 heteroatoms. The SMILES string of the molecule is Cc1ccc(-c2noc(CC34CC5CC(CC(C5)C3)C4)n2)cc1. The first-order chi connectivity index (χ1) is 11.2. The molecule has 1 heterocycles. The van der Waals surface area contributed by atoms with Gasteiger partial charge in [0.1, 0.15) is 0 Å². The molecule has 4 fully saturated rings. The lowest BCUT2D eigenvalue weighted by Crippen LogP contribution is -2.47. The fourth-order valence-corrected chi connectivity index (χ4v) is 5.97. The lowest BCUT2D eigenvalue weighted by atomic mass is 9.49. The minimum Gasteiger partial charge on any atom is -0.339 e. The molecule has 1 aromatic carbocycles. The van der Waals surface area contributed by atoms with Gasteiger partial charge in [-0.1, -0.05) is 35.0 Å². The maximum absolute atomic E-state index is 5.63. The maximum atomic E-state index is 5.63. The van der Waals surface area contributed by atoms with Gasteiger partial charge < -0.3 is 4.52 Å². The fourth-order valence-electron chi connectivity index (χ4n) is 5.97. The molecule has 0 unspecified atom stereocenters. The molecule has 0 aliphatic heterocycles. The topological polar surface area (TPSA) is 38.9 Å². The van der Waals surface area contributed by atoms with Crippen LogP contribution in [0.4, 0.5) is 0 Å². The molecule has 0 radical (unpaired) electrons. The number of nitrogens with zero attached hydrogens (tertiary/aromatic N) is 2. The summed E-state index contributed by atoms with van der Waals surface area (Å²) in [6.45, 7) is 2.10. The van der Waals surface area contributed by atoms with Crippen LogP contribution in [0.1, 0.15) is 50.0 Å². The van der Waals surface area contributed by atoms with E-state index in [-0.39, 0.29) is 0 Å². The fraction of sp³-hybridized carbons (Fsp3) is 0.600. The van der Waals surface area contributed by atoms with E-state index in [4.69, 9.17) is 9.51 Å². The highest BCUT2D eigenvalue weighted by Crippen LogP contribution is 2.60. The molecular formula is C20H24N2O. The van der Waals surface area contributed by atoms with E-state index >= 15 is 0 Å². The smallest absolute Gasteiger partial charge is 0.227 e. The standard InChI is InChI=1S/C20H24N2O/c1-13-2-4-17(5-3-13)19-21-18(23-22-19)12-20-9-14-6-15(10-20)8-16(7-14)11-20/h2-5,14-16H,6-12H2,1H3. The van der Waals surface area contributed by atoms with E-state index in [1.165, 1.54) is 44.1 Å². The third kappa shape index (κ3) is 2.41. The van der Waals surface area contributed by atoms with Gasteiger partial charge in [0, 0.05) is 12.0 Å². The summed E-state index contributed by atoms with van der Waals surface area (Å²) in [5, 5.41) is 4.23. The van der Waals surface area contributed by atoms with Crippen molar-refractivity contribution in [3.63, 3.8) is 0 Å². The van der Waals surface area contributed by atoms with Crippen LogP contribution >= 0.6 is 0 Å². The summed E-state index contributed by atoms with van der Waals surface area (Å²) in [7, 11) is 0. The molecule has 6 rings (SSSR count). The summed E-state index contributed by atoms with van der Waals surface area (Å²) < 4.78 is 5.63. The van der Waals surface area contributed by atoms with Crippen LogP contribution in [0.5, 0.6) is 0 Å². The van der Waals surface area contributed by atoms with Gasteiger partial charge in [0.2, 0.25) is 11.7 Å². The van der Waals surface area contributed by atoms with E-state index in [2.05, 4.69) is 36.3 Å². The van der Waals surface area contributed by atoms with Gasteiger partial charge >= 0.3 is 0 Å². The van der Waals surface area contributed by atoms with Crippen LogP contribution in [0.25, 0.3) is 11.4 Å². The molecule has 0 atom stereocenters. The lowest BCUT2D eigenvalue weighted by Gasteiger charge is -2.56. The Morgan fingerprint density at radius 3 is 2.22 bits per heavy atom. The van der Waals surface area contributed by atoms with Crippen molar-refractivity contribution < 1.29 is 4.52 Å². The molecule has 23 heavy (non-hydrogen) atoms. The average Bonchev–Trinajstić information content (AvgIpc) is 2.94. The second kappa shape index (κ2) is 4.93. The maximum Gasteiger partial charge on any atom is 0.227 e. The quantitative estimate of drug-likeness (QED) is 0.817. The highest BCUT2D eigenvalue weighted by molar-refractivity contribution is 5.54. The molecule has 1 aromatic heterocycles. The second-order valence-electron chi connectivity index (χ2n) is 8.47. The summed E-state index contributed by atoms with van der Waals surface area (Å²) in [4.78, 5) is 4.71. The Labute approximate surface area is 137 Å². The zero-order valence-electron chi connectivity index (χ0n) is 13.8. The lowest BCUT2D eigenvalue weighted by molar-refractivity contribution is -0.0556. The molecule has 4 saturated carbocycles. The first kappa shape index (κ1) is 13.8. The zero-order chi connectivity index (χ0) is 15.4. The van der Waals surface area contributed by atoms with Gasteiger partial charge in [0.25, 0.3) is 0 Å². The highest BCUT2D eigenvalue weighted by Gasteiger charge is 2.51. The first-order valence-electron chi connectivity index (χ1n) is 9.07. The Balaban J connectivity index is 1.38. The van der Waals surface area contributed by atoms with Crippen LogP contribution in [0.15, 0.2) is 28.8 Å². The van der Waals surface area contributed by atoms with Gasteiger partial charge in [0.05, 0.1) is 0 Å². The van der Waals surface area contributed by atoms with Crippen LogP contribution in [0.2, 0.25) is 0 Å². The molecule has 0 saturated heterocycles. The average molecular weight is 308 g/mol. The summed E-state index contributed by atoms with van der Waals surface area (Å²) in [6, 6.07) is 8.36.